The minimum Gasteiger partial charge on any atom is -0.368 e. The van der Waals surface area contributed by atoms with Gasteiger partial charge in [0.1, 0.15) is 5.65 Å². The molecule has 0 saturated carbocycles. The van der Waals surface area contributed by atoms with Crippen LogP contribution >= 0.6 is 8.58 Å². The quantitative estimate of drug-likeness (QED) is 0.826. The molecule has 2 unspecified atom stereocenters. The zero-order valence-corrected chi connectivity index (χ0v) is 15.3. The second-order valence-corrected chi connectivity index (χ2v) is 8.07. The van der Waals surface area contributed by atoms with Crippen LogP contribution in [-0.4, -0.2) is 57.1 Å². The molecule has 3 aliphatic heterocycles. The number of carbonyl (C=O) groups is 1. The van der Waals surface area contributed by atoms with Gasteiger partial charge in [0.15, 0.2) is 0 Å². The van der Waals surface area contributed by atoms with E-state index >= 15 is 0 Å². The van der Waals surface area contributed by atoms with E-state index in [0.717, 1.165) is 48.4 Å². The predicted octanol–water partition coefficient (Wildman–Crippen LogP) is 1.84. The lowest BCUT2D eigenvalue weighted by Crippen LogP contribution is -2.44. The van der Waals surface area contributed by atoms with Crippen LogP contribution < -0.4 is 5.32 Å². The van der Waals surface area contributed by atoms with Gasteiger partial charge < -0.3 is 19.5 Å². The number of nitrogens with zero attached hydrogens (tertiary/aromatic N) is 4. The smallest absolute Gasteiger partial charge is 0.252 e. The Kier molecular flexibility index (Phi) is 3.88. The Balaban J connectivity index is 1.42. The van der Waals surface area contributed by atoms with Crippen molar-refractivity contribution < 1.29 is 4.79 Å². The zero-order chi connectivity index (χ0) is 17.5. The zero-order valence-electron chi connectivity index (χ0n) is 14.3. The number of hydrogen-bond acceptors (Lipinski definition) is 4. The summed E-state index contributed by atoms with van der Waals surface area (Å²) >= 11 is 0. The SMILES string of the molecule is O=C1C=C(c2ccn3ccnc3c2)PC2C=CC(N3CCNCC3)=CN12. The van der Waals surface area contributed by atoms with E-state index in [9.17, 15) is 4.79 Å². The predicted molar refractivity (Wildman–Crippen MR) is 104 cm³/mol. The Bertz CT molecular complexity index is 954. The second kappa shape index (κ2) is 6.38. The summed E-state index contributed by atoms with van der Waals surface area (Å²) in [4.78, 5) is 21.3. The number of imidazole rings is 1. The van der Waals surface area contributed by atoms with Crippen molar-refractivity contribution in [2.45, 2.75) is 5.78 Å². The Morgan fingerprint density at radius 2 is 2.12 bits per heavy atom. The summed E-state index contributed by atoms with van der Waals surface area (Å²) in [6.45, 7) is 3.95. The van der Waals surface area contributed by atoms with E-state index in [0.29, 0.717) is 8.58 Å². The van der Waals surface area contributed by atoms with Crippen LogP contribution in [0.25, 0.3) is 11.0 Å². The Morgan fingerprint density at radius 3 is 3.00 bits per heavy atom. The van der Waals surface area contributed by atoms with Gasteiger partial charge in [-0.05, 0) is 29.1 Å². The van der Waals surface area contributed by atoms with E-state index in [-0.39, 0.29) is 11.7 Å². The number of carbonyl (C=O) groups excluding carboxylic acids is 1. The fourth-order valence-electron chi connectivity index (χ4n) is 3.62. The first kappa shape index (κ1) is 15.8. The molecule has 0 aromatic carbocycles. The molecule has 0 radical (unpaired) electrons. The lowest BCUT2D eigenvalue weighted by Gasteiger charge is -2.37. The van der Waals surface area contributed by atoms with Gasteiger partial charge in [-0.3, -0.25) is 4.79 Å². The van der Waals surface area contributed by atoms with Gasteiger partial charge >= 0.3 is 0 Å². The van der Waals surface area contributed by atoms with Crippen molar-refractivity contribution in [1.82, 2.24) is 24.5 Å². The monoisotopic (exact) mass is 365 g/mol. The topological polar surface area (TPSA) is 52.9 Å². The third-order valence-electron chi connectivity index (χ3n) is 5.04. The summed E-state index contributed by atoms with van der Waals surface area (Å²) < 4.78 is 1.98. The highest BCUT2D eigenvalue weighted by atomic mass is 31.1. The highest BCUT2D eigenvalue weighted by Crippen LogP contribution is 2.44. The fourth-order valence-corrected chi connectivity index (χ4v) is 5.00. The van der Waals surface area contributed by atoms with Crippen molar-refractivity contribution in [1.29, 1.82) is 0 Å². The summed E-state index contributed by atoms with van der Waals surface area (Å²) in [5, 5.41) is 4.47. The highest BCUT2D eigenvalue weighted by molar-refractivity contribution is 7.51. The van der Waals surface area contributed by atoms with Gasteiger partial charge in [-0.25, -0.2) is 4.98 Å². The van der Waals surface area contributed by atoms with Crippen LogP contribution in [-0.2, 0) is 4.79 Å². The van der Waals surface area contributed by atoms with E-state index in [1.54, 1.807) is 12.3 Å². The molecule has 0 bridgehead atoms. The van der Waals surface area contributed by atoms with Crippen LogP contribution in [0, 0.1) is 0 Å². The Hall–Kier alpha value is -2.43. The number of nitrogens with one attached hydrogen (secondary N) is 1. The van der Waals surface area contributed by atoms with Gasteiger partial charge in [0.2, 0.25) is 0 Å². The lowest BCUT2D eigenvalue weighted by atomic mass is 10.2. The minimum atomic E-state index is 0.0592. The van der Waals surface area contributed by atoms with Crippen LogP contribution in [0.3, 0.4) is 0 Å². The molecule has 2 aromatic rings. The van der Waals surface area contributed by atoms with E-state index in [2.05, 4.69) is 39.5 Å². The molecular formula is C19H20N5OP. The number of rotatable bonds is 2. The Morgan fingerprint density at radius 1 is 1.23 bits per heavy atom. The number of amides is 1. The molecule has 1 amide bonds. The van der Waals surface area contributed by atoms with Gasteiger partial charge in [0, 0.05) is 57.0 Å². The largest absolute Gasteiger partial charge is 0.368 e. The number of aromatic nitrogens is 2. The summed E-state index contributed by atoms with van der Waals surface area (Å²) in [5.41, 5.74) is 3.13. The fraction of sp³-hybridized carbons (Fsp3) is 0.263. The third kappa shape index (κ3) is 2.75. The summed E-state index contributed by atoms with van der Waals surface area (Å²) in [6.07, 6.45) is 13.9. The van der Waals surface area contributed by atoms with Crippen LogP contribution in [0.5, 0.6) is 0 Å². The molecule has 2 atom stereocenters. The third-order valence-corrected chi connectivity index (χ3v) is 6.55. The standard InChI is InChI=1S/C19H20N5OP/c25-18-12-16(14-3-7-23-10-6-21-17(23)11-14)26-19-2-1-15(13-24(18)19)22-8-4-20-5-9-22/h1-3,6-7,10-13,19-20,26H,4-5,8-9H2. The number of fused-ring (bicyclic) bond motifs is 2. The summed E-state index contributed by atoms with van der Waals surface area (Å²) in [6, 6.07) is 4.11. The first-order valence-electron chi connectivity index (χ1n) is 8.87. The van der Waals surface area contributed by atoms with E-state index in [1.807, 2.05) is 27.9 Å². The van der Waals surface area contributed by atoms with Crippen molar-refractivity contribution in [2.24, 2.45) is 0 Å². The van der Waals surface area contributed by atoms with Crippen LogP contribution in [0.4, 0.5) is 0 Å². The van der Waals surface area contributed by atoms with E-state index in [1.165, 1.54) is 0 Å². The molecule has 5 rings (SSSR count). The van der Waals surface area contributed by atoms with E-state index in [4.69, 9.17) is 0 Å². The number of pyridine rings is 1. The van der Waals surface area contributed by atoms with Crippen molar-refractivity contribution in [3.8, 4) is 0 Å². The normalized spacial score (nSPS) is 24.0. The van der Waals surface area contributed by atoms with Gasteiger partial charge in [-0.1, -0.05) is 14.7 Å². The number of allylic oxidation sites excluding steroid dienone is 1. The number of piperazine rings is 1. The lowest BCUT2D eigenvalue weighted by molar-refractivity contribution is -0.123. The van der Waals surface area contributed by atoms with Gasteiger partial charge in [0.05, 0.1) is 11.5 Å². The van der Waals surface area contributed by atoms with Crippen molar-refractivity contribution >= 4 is 25.4 Å². The molecule has 26 heavy (non-hydrogen) atoms. The van der Waals surface area contributed by atoms with Crippen molar-refractivity contribution in [2.75, 3.05) is 26.2 Å². The second-order valence-electron chi connectivity index (χ2n) is 6.65. The molecule has 0 aliphatic carbocycles. The van der Waals surface area contributed by atoms with Gasteiger partial charge in [0.25, 0.3) is 5.91 Å². The molecule has 3 aliphatic rings. The minimum absolute atomic E-state index is 0.0592. The molecule has 1 saturated heterocycles. The Labute approximate surface area is 153 Å². The van der Waals surface area contributed by atoms with Crippen LogP contribution in [0.15, 0.2) is 60.8 Å². The summed E-state index contributed by atoms with van der Waals surface area (Å²) in [7, 11) is 0.532. The highest BCUT2D eigenvalue weighted by Gasteiger charge is 2.29. The molecule has 7 heteroatoms. The maximum Gasteiger partial charge on any atom is 0.252 e. The molecule has 6 nitrogen and oxygen atoms in total. The summed E-state index contributed by atoms with van der Waals surface area (Å²) in [5.74, 6) is 0.175. The molecule has 132 valence electrons. The molecule has 0 spiro atoms. The first-order chi connectivity index (χ1) is 12.8. The molecule has 2 aromatic heterocycles. The average Bonchev–Trinajstić information content (AvgIpc) is 3.16. The maximum absolute atomic E-state index is 12.8. The molecular weight excluding hydrogens is 345 g/mol. The van der Waals surface area contributed by atoms with Crippen molar-refractivity contribution in [3.05, 3.63) is 66.4 Å². The maximum atomic E-state index is 12.8. The van der Waals surface area contributed by atoms with Gasteiger partial charge in [-0.2, -0.15) is 0 Å². The average molecular weight is 365 g/mol. The number of hydrogen-bond donors (Lipinski definition) is 1. The van der Waals surface area contributed by atoms with Crippen molar-refractivity contribution in [3.63, 3.8) is 0 Å². The van der Waals surface area contributed by atoms with E-state index < -0.39 is 0 Å². The van der Waals surface area contributed by atoms with Crippen LogP contribution in [0.2, 0.25) is 0 Å². The van der Waals surface area contributed by atoms with Crippen LogP contribution in [0.1, 0.15) is 5.56 Å². The molecule has 1 N–H and O–H groups in total. The first-order valence-corrected chi connectivity index (χ1v) is 9.95. The van der Waals surface area contributed by atoms with Gasteiger partial charge in [-0.15, -0.1) is 0 Å². The molecule has 1 fully saturated rings. The molecule has 5 heterocycles.